The van der Waals surface area contributed by atoms with Crippen LogP contribution in [0.1, 0.15) is 31.9 Å². The Kier molecular flexibility index (Phi) is 7.88. The molecule has 2 amide bonds. The zero-order chi connectivity index (χ0) is 22.3. The highest BCUT2D eigenvalue weighted by atomic mass is 19.1. The largest absolute Gasteiger partial charge is 0.384 e. The molecule has 1 aromatic heterocycles. The van der Waals surface area contributed by atoms with Gasteiger partial charge in [0.1, 0.15) is 17.2 Å². The van der Waals surface area contributed by atoms with E-state index < -0.39 is 17.4 Å². The van der Waals surface area contributed by atoms with Crippen molar-refractivity contribution in [2.75, 3.05) is 18.8 Å². The van der Waals surface area contributed by atoms with Crippen molar-refractivity contribution in [1.29, 1.82) is 0 Å². The topological polar surface area (TPSA) is 114 Å². The number of anilines is 1. The summed E-state index contributed by atoms with van der Waals surface area (Å²) in [5.41, 5.74) is 11.7. The van der Waals surface area contributed by atoms with Crippen LogP contribution in [0.2, 0.25) is 0 Å². The first kappa shape index (κ1) is 23.3. The van der Waals surface area contributed by atoms with Crippen molar-refractivity contribution in [3.05, 3.63) is 59.5 Å². The number of carbonyl (C=O) groups is 2. The summed E-state index contributed by atoms with van der Waals surface area (Å²) in [6.45, 7) is 6.85. The van der Waals surface area contributed by atoms with Gasteiger partial charge in [-0.15, -0.1) is 0 Å². The molecular formula is C22H30FN5O2. The second-order valence-corrected chi connectivity index (χ2v) is 7.38. The van der Waals surface area contributed by atoms with Gasteiger partial charge < -0.3 is 16.8 Å². The highest BCUT2D eigenvalue weighted by molar-refractivity contribution is 5.92. The van der Waals surface area contributed by atoms with E-state index in [2.05, 4.69) is 10.3 Å². The normalized spacial score (nSPS) is 14.2. The third-order valence-electron chi connectivity index (χ3n) is 5.58. The molecule has 0 saturated carbocycles. The number of aromatic nitrogens is 1. The second kappa shape index (κ2) is 10.2. The van der Waals surface area contributed by atoms with E-state index in [0.29, 0.717) is 18.9 Å². The number of likely N-dealkylation sites (N-methyl/N-ethyl adjacent to an activating group) is 1. The Morgan fingerprint density at radius 3 is 2.23 bits per heavy atom. The predicted octanol–water partition coefficient (Wildman–Crippen LogP) is 1.86. The summed E-state index contributed by atoms with van der Waals surface area (Å²) < 4.78 is 13.3. The Morgan fingerprint density at radius 2 is 1.73 bits per heavy atom. The molecule has 2 rings (SSSR count). The molecule has 0 saturated heterocycles. The maximum atomic E-state index is 13.3. The molecular weight excluding hydrogens is 385 g/mol. The Balaban J connectivity index is 2.35. The van der Waals surface area contributed by atoms with Crippen molar-refractivity contribution in [3.63, 3.8) is 0 Å². The number of nitrogen functional groups attached to an aromatic ring is 1. The molecule has 0 radical (unpaired) electrons. The van der Waals surface area contributed by atoms with Crippen LogP contribution in [-0.4, -0.2) is 40.3 Å². The summed E-state index contributed by atoms with van der Waals surface area (Å²) >= 11 is 0. The van der Waals surface area contributed by atoms with Crippen LogP contribution in [0.3, 0.4) is 0 Å². The van der Waals surface area contributed by atoms with Crippen LogP contribution in [-0.2, 0) is 22.6 Å². The number of amides is 2. The number of primary amides is 1. The summed E-state index contributed by atoms with van der Waals surface area (Å²) in [5.74, 6) is -1.65. The SMILES string of the molecule is CCN(CC)C(C)(C(N)=O)[C@H](Cc1ccc(F)cc1)C(=O)NCc1ccc(N)nc1. The van der Waals surface area contributed by atoms with Crippen LogP contribution in [0.5, 0.6) is 0 Å². The predicted molar refractivity (Wildman–Crippen MR) is 115 cm³/mol. The van der Waals surface area contributed by atoms with E-state index in [9.17, 15) is 14.0 Å². The fourth-order valence-electron chi connectivity index (χ4n) is 3.68. The standard InChI is InChI=1S/C22H30FN5O2/c1-4-28(5-2)22(3,21(25)30)18(12-15-6-9-17(23)10-7-15)20(29)27-14-16-8-11-19(24)26-13-16/h6-11,13,18H,4-5,12,14H2,1-3H3,(H2,24,26)(H2,25,30)(H,27,29)/t18-,22?/m1/s1. The molecule has 162 valence electrons. The first-order valence-electron chi connectivity index (χ1n) is 9.99. The molecule has 0 bridgehead atoms. The molecule has 2 aromatic rings. The monoisotopic (exact) mass is 415 g/mol. The van der Waals surface area contributed by atoms with Crippen LogP contribution in [0.25, 0.3) is 0 Å². The van der Waals surface area contributed by atoms with Gasteiger partial charge >= 0.3 is 0 Å². The van der Waals surface area contributed by atoms with E-state index in [0.717, 1.165) is 11.1 Å². The van der Waals surface area contributed by atoms with E-state index in [1.807, 2.05) is 18.7 Å². The number of halogens is 1. The number of pyridine rings is 1. The van der Waals surface area contributed by atoms with Crippen LogP contribution in [0, 0.1) is 11.7 Å². The highest BCUT2D eigenvalue weighted by Gasteiger charge is 2.47. The molecule has 5 N–H and O–H groups in total. The highest BCUT2D eigenvalue weighted by Crippen LogP contribution is 2.29. The molecule has 30 heavy (non-hydrogen) atoms. The number of nitrogens with one attached hydrogen (secondary N) is 1. The van der Waals surface area contributed by atoms with Crippen LogP contribution in [0.15, 0.2) is 42.6 Å². The van der Waals surface area contributed by atoms with Gasteiger partial charge in [-0.05, 0) is 55.8 Å². The van der Waals surface area contributed by atoms with Gasteiger partial charge in [0.05, 0.1) is 5.92 Å². The average molecular weight is 416 g/mol. The zero-order valence-corrected chi connectivity index (χ0v) is 17.7. The van der Waals surface area contributed by atoms with Gasteiger partial charge in [0.2, 0.25) is 11.8 Å². The molecule has 1 heterocycles. The van der Waals surface area contributed by atoms with Gasteiger partial charge in [-0.2, -0.15) is 0 Å². The number of benzene rings is 1. The number of rotatable bonds is 10. The van der Waals surface area contributed by atoms with Crippen LogP contribution < -0.4 is 16.8 Å². The smallest absolute Gasteiger partial charge is 0.238 e. The average Bonchev–Trinajstić information content (AvgIpc) is 2.73. The maximum Gasteiger partial charge on any atom is 0.238 e. The number of nitrogens with zero attached hydrogens (tertiary/aromatic N) is 2. The fourth-order valence-corrected chi connectivity index (χ4v) is 3.68. The van der Waals surface area contributed by atoms with E-state index >= 15 is 0 Å². The maximum absolute atomic E-state index is 13.3. The lowest BCUT2D eigenvalue weighted by Gasteiger charge is -2.42. The molecule has 1 aromatic carbocycles. The van der Waals surface area contributed by atoms with E-state index in [1.165, 1.54) is 12.1 Å². The van der Waals surface area contributed by atoms with Gasteiger partial charge in [-0.1, -0.05) is 32.0 Å². The van der Waals surface area contributed by atoms with Gasteiger partial charge in [0.15, 0.2) is 0 Å². The minimum Gasteiger partial charge on any atom is -0.384 e. The van der Waals surface area contributed by atoms with Gasteiger partial charge in [0.25, 0.3) is 0 Å². The molecule has 1 unspecified atom stereocenters. The molecule has 2 atom stereocenters. The zero-order valence-electron chi connectivity index (χ0n) is 17.7. The Bertz CT molecular complexity index is 853. The molecule has 0 fully saturated rings. The summed E-state index contributed by atoms with van der Waals surface area (Å²) in [7, 11) is 0. The minimum absolute atomic E-state index is 0.235. The third kappa shape index (κ3) is 5.33. The molecule has 0 spiro atoms. The van der Waals surface area contributed by atoms with Crippen LogP contribution >= 0.6 is 0 Å². The molecule has 0 aliphatic carbocycles. The number of hydrogen-bond donors (Lipinski definition) is 3. The Morgan fingerprint density at radius 1 is 1.13 bits per heavy atom. The van der Waals surface area contributed by atoms with Crippen LogP contribution in [0.4, 0.5) is 10.2 Å². The van der Waals surface area contributed by atoms with Crippen molar-refractivity contribution in [1.82, 2.24) is 15.2 Å². The second-order valence-electron chi connectivity index (χ2n) is 7.38. The minimum atomic E-state index is -1.22. The lowest BCUT2D eigenvalue weighted by atomic mass is 9.78. The molecule has 8 heteroatoms. The van der Waals surface area contributed by atoms with Gasteiger partial charge in [0, 0.05) is 12.7 Å². The lowest BCUT2D eigenvalue weighted by molar-refractivity contribution is -0.142. The Hall–Kier alpha value is -3.00. The summed E-state index contributed by atoms with van der Waals surface area (Å²) in [4.78, 5) is 31.8. The third-order valence-corrected chi connectivity index (χ3v) is 5.58. The number of hydrogen-bond acceptors (Lipinski definition) is 5. The molecule has 0 aliphatic heterocycles. The van der Waals surface area contributed by atoms with E-state index in [-0.39, 0.29) is 24.7 Å². The van der Waals surface area contributed by atoms with E-state index in [4.69, 9.17) is 11.5 Å². The fraction of sp³-hybridized carbons (Fsp3) is 0.409. The number of nitrogens with two attached hydrogens (primary N) is 2. The Labute approximate surface area is 176 Å². The number of carbonyl (C=O) groups excluding carboxylic acids is 2. The molecule has 0 aliphatic rings. The van der Waals surface area contributed by atoms with Crippen molar-refractivity contribution in [2.24, 2.45) is 11.7 Å². The van der Waals surface area contributed by atoms with Gasteiger partial charge in [-0.25, -0.2) is 9.37 Å². The first-order chi connectivity index (χ1) is 14.2. The first-order valence-corrected chi connectivity index (χ1v) is 9.99. The summed E-state index contributed by atoms with van der Waals surface area (Å²) in [5, 5.41) is 2.89. The van der Waals surface area contributed by atoms with E-state index in [1.54, 1.807) is 37.4 Å². The summed E-state index contributed by atoms with van der Waals surface area (Å²) in [6, 6.07) is 9.33. The quantitative estimate of drug-likeness (QED) is 0.548. The van der Waals surface area contributed by atoms with Crippen molar-refractivity contribution in [3.8, 4) is 0 Å². The van der Waals surface area contributed by atoms with Crippen molar-refractivity contribution >= 4 is 17.6 Å². The summed E-state index contributed by atoms with van der Waals surface area (Å²) in [6.07, 6.45) is 1.82. The lowest BCUT2D eigenvalue weighted by Crippen LogP contribution is -2.63. The van der Waals surface area contributed by atoms with Crippen molar-refractivity contribution in [2.45, 2.75) is 39.3 Å². The molecule has 7 nitrogen and oxygen atoms in total. The van der Waals surface area contributed by atoms with Crippen molar-refractivity contribution < 1.29 is 14.0 Å². The van der Waals surface area contributed by atoms with Gasteiger partial charge in [-0.3, -0.25) is 14.5 Å².